The number of benzene rings is 1. The van der Waals surface area contributed by atoms with Gasteiger partial charge in [0.1, 0.15) is 18.3 Å². The Kier molecular flexibility index (Phi) is 6.52. The van der Waals surface area contributed by atoms with Gasteiger partial charge in [0.05, 0.1) is 0 Å². The molecule has 0 radical (unpaired) electrons. The lowest BCUT2D eigenvalue weighted by Gasteiger charge is -2.29. The van der Waals surface area contributed by atoms with Gasteiger partial charge in [-0.3, -0.25) is 9.59 Å². The molecule has 1 aromatic carbocycles. The molecule has 3 aromatic rings. The number of Topliss-reactive ketones (excluding diaryl/α,β-unsaturated/α-hetero) is 1. The summed E-state index contributed by atoms with van der Waals surface area (Å²) < 4.78 is 1.88. The van der Waals surface area contributed by atoms with E-state index in [1.165, 1.54) is 0 Å². The lowest BCUT2D eigenvalue weighted by molar-refractivity contribution is -0.124. The smallest absolute Gasteiger partial charge is 0.251 e. The Morgan fingerprint density at radius 1 is 1.13 bits per heavy atom. The van der Waals surface area contributed by atoms with Gasteiger partial charge in [0.25, 0.3) is 5.91 Å². The minimum absolute atomic E-state index is 0.352. The summed E-state index contributed by atoms with van der Waals surface area (Å²) in [5, 5.41) is 11.7. The molecule has 3 rings (SSSR count). The van der Waals surface area contributed by atoms with Crippen LogP contribution in [0.4, 0.5) is 0 Å². The van der Waals surface area contributed by atoms with E-state index < -0.39 is 29.9 Å². The topological polar surface area (TPSA) is 110 Å². The zero-order valence-electron chi connectivity index (χ0n) is 17.2. The van der Waals surface area contributed by atoms with Gasteiger partial charge in [0.2, 0.25) is 0 Å². The number of nitrogens with two attached hydrogens (primary N) is 1. The number of carbonyl (C=O) groups is 2. The second-order valence-corrected chi connectivity index (χ2v) is 7.54. The number of amides is 1. The van der Waals surface area contributed by atoms with E-state index >= 15 is 0 Å². The predicted octanol–water partition coefficient (Wildman–Crippen LogP) is 1.13. The number of carbonyl (C=O) groups excluding carboxylic acids is 2. The Hall–Kier alpha value is -3.91. The van der Waals surface area contributed by atoms with E-state index in [2.05, 4.69) is 34.0 Å². The minimum atomic E-state index is -1.01. The highest BCUT2D eigenvalue weighted by atomic mass is 16.3. The van der Waals surface area contributed by atoms with Crippen molar-refractivity contribution in [1.29, 1.82) is 0 Å². The number of nitrogens with one attached hydrogen (secondary N) is 1. The van der Waals surface area contributed by atoms with Crippen molar-refractivity contribution in [3.8, 4) is 23.7 Å². The third kappa shape index (κ3) is 5.58. The zero-order chi connectivity index (χ0) is 22.4. The normalized spacial score (nSPS) is 11.6. The lowest BCUT2D eigenvalue weighted by Crippen LogP contribution is -2.59. The summed E-state index contributed by atoms with van der Waals surface area (Å²) in [5.74, 6) is 10.5. The average molecular weight is 414 g/mol. The van der Waals surface area contributed by atoms with Crippen LogP contribution in [0.1, 0.15) is 35.3 Å². The molecule has 0 bridgehead atoms. The lowest BCUT2D eigenvalue weighted by atomic mass is 9.92. The van der Waals surface area contributed by atoms with Crippen LogP contribution in [0.25, 0.3) is 5.65 Å². The molecule has 2 heterocycles. The third-order valence-electron chi connectivity index (χ3n) is 4.51. The molecule has 1 unspecified atom stereocenters. The Morgan fingerprint density at radius 3 is 2.42 bits per heavy atom. The second kappa shape index (κ2) is 9.27. The van der Waals surface area contributed by atoms with Crippen LogP contribution in [0, 0.1) is 23.7 Å². The highest BCUT2D eigenvalue weighted by Gasteiger charge is 2.32. The molecule has 2 aromatic heterocycles. The van der Waals surface area contributed by atoms with Gasteiger partial charge in [-0.1, -0.05) is 11.8 Å². The van der Waals surface area contributed by atoms with Crippen LogP contribution in [0.5, 0.6) is 0 Å². The second-order valence-electron chi connectivity index (χ2n) is 7.54. The molecular weight excluding hydrogens is 392 g/mol. The molecule has 31 heavy (non-hydrogen) atoms. The van der Waals surface area contributed by atoms with E-state index in [1.54, 1.807) is 44.3 Å². The number of aliphatic hydroxyl groups excluding tert-OH is 1. The molecule has 4 N–H and O–H groups in total. The van der Waals surface area contributed by atoms with Crippen LogP contribution in [0.3, 0.4) is 0 Å². The Balaban J connectivity index is 1.67. The molecule has 0 fully saturated rings. The monoisotopic (exact) mass is 414 g/mol. The molecule has 0 aliphatic heterocycles. The van der Waals surface area contributed by atoms with E-state index in [-0.39, 0.29) is 0 Å². The molecule has 0 aliphatic carbocycles. The summed E-state index contributed by atoms with van der Waals surface area (Å²) in [5.41, 5.74) is 7.66. The fourth-order valence-electron chi connectivity index (χ4n) is 2.89. The number of hydrogen-bond donors (Lipinski definition) is 3. The first kappa shape index (κ1) is 21.8. The van der Waals surface area contributed by atoms with Crippen molar-refractivity contribution >= 4 is 17.3 Å². The van der Waals surface area contributed by atoms with Crippen LogP contribution in [0.15, 0.2) is 55.0 Å². The van der Waals surface area contributed by atoms with E-state index in [0.29, 0.717) is 11.1 Å². The number of aliphatic hydroxyl groups is 1. The molecule has 0 spiro atoms. The van der Waals surface area contributed by atoms with Gasteiger partial charge < -0.3 is 20.6 Å². The van der Waals surface area contributed by atoms with E-state index in [9.17, 15) is 9.59 Å². The summed E-state index contributed by atoms with van der Waals surface area (Å²) in [6, 6.07) is 9.34. The molecule has 0 saturated carbocycles. The molecule has 156 valence electrons. The first-order chi connectivity index (χ1) is 14.8. The van der Waals surface area contributed by atoms with Gasteiger partial charge in [0.15, 0.2) is 5.78 Å². The van der Waals surface area contributed by atoms with Crippen molar-refractivity contribution in [2.24, 2.45) is 5.73 Å². The van der Waals surface area contributed by atoms with Crippen molar-refractivity contribution < 1.29 is 14.7 Å². The highest BCUT2D eigenvalue weighted by molar-refractivity contribution is 5.98. The molecule has 7 heteroatoms. The van der Waals surface area contributed by atoms with E-state index in [4.69, 9.17) is 10.8 Å². The standard InChI is InChI=1S/C24H22N4O3/c1-24(2,25)22(20(30)16-29)27-23(31)19-10-7-17(8-11-19)5-3-4-6-18-9-12-21-26-13-14-28(21)15-18/h7-15,22,29H,16,25H2,1-2H3,(H,27,31). The number of ketones is 1. The zero-order valence-corrected chi connectivity index (χ0v) is 17.2. The van der Waals surface area contributed by atoms with Crippen LogP contribution >= 0.6 is 0 Å². The Morgan fingerprint density at radius 2 is 1.77 bits per heavy atom. The number of nitrogens with zero attached hydrogens (tertiary/aromatic N) is 2. The van der Waals surface area contributed by atoms with Crippen molar-refractivity contribution in [3.63, 3.8) is 0 Å². The van der Waals surface area contributed by atoms with Crippen molar-refractivity contribution in [3.05, 3.63) is 71.7 Å². The SMILES string of the molecule is CC(C)(N)C(NC(=O)c1ccc(C#CC#Cc2ccc3nccn3c2)cc1)C(=O)CO. The number of rotatable bonds is 5. The van der Waals surface area contributed by atoms with Crippen LogP contribution in [-0.4, -0.2) is 44.4 Å². The number of imidazole rings is 1. The van der Waals surface area contributed by atoms with E-state index in [1.807, 2.05) is 28.9 Å². The molecule has 1 amide bonds. The first-order valence-corrected chi connectivity index (χ1v) is 9.56. The molecular formula is C24H22N4O3. The summed E-state index contributed by atoms with van der Waals surface area (Å²) in [7, 11) is 0. The maximum atomic E-state index is 12.5. The average Bonchev–Trinajstić information content (AvgIpc) is 3.22. The summed E-state index contributed by atoms with van der Waals surface area (Å²) >= 11 is 0. The highest BCUT2D eigenvalue weighted by Crippen LogP contribution is 2.09. The van der Waals surface area contributed by atoms with Crippen LogP contribution < -0.4 is 11.1 Å². The van der Waals surface area contributed by atoms with Gasteiger partial charge in [-0.15, -0.1) is 0 Å². The maximum absolute atomic E-state index is 12.5. The predicted molar refractivity (Wildman–Crippen MR) is 117 cm³/mol. The summed E-state index contributed by atoms with van der Waals surface area (Å²) in [4.78, 5) is 28.5. The van der Waals surface area contributed by atoms with Gasteiger partial charge in [0, 0.05) is 40.8 Å². The van der Waals surface area contributed by atoms with Gasteiger partial charge in [-0.25, -0.2) is 4.98 Å². The van der Waals surface area contributed by atoms with Gasteiger partial charge in [-0.2, -0.15) is 0 Å². The largest absolute Gasteiger partial charge is 0.388 e. The molecule has 0 saturated heterocycles. The van der Waals surface area contributed by atoms with Crippen molar-refractivity contribution in [1.82, 2.24) is 14.7 Å². The van der Waals surface area contributed by atoms with E-state index in [0.717, 1.165) is 11.2 Å². The van der Waals surface area contributed by atoms with Crippen molar-refractivity contribution in [2.45, 2.75) is 25.4 Å². The van der Waals surface area contributed by atoms with Gasteiger partial charge >= 0.3 is 0 Å². The Labute approximate surface area is 180 Å². The third-order valence-corrected chi connectivity index (χ3v) is 4.51. The summed E-state index contributed by atoms with van der Waals surface area (Å²) in [6.07, 6.45) is 5.44. The van der Waals surface area contributed by atoms with Gasteiger partial charge in [-0.05, 0) is 62.1 Å². The number of fused-ring (bicyclic) bond motifs is 1. The quantitative estimate of drug-likeness (QED) is 0.543. The number of hydrogen-bond acceptors (Lipinski definition) is 5. The molecule has 7 nitrogen and oxygen atoms in total. The fourth-order valence-corrected chi connectivity index (χ4v) is 2.89. The molecule has 0 aliphatic rings. The minimum Gasteiger partial charge on any atom is -0.388 e. The van der Waals surface area contributed by atoms with Crippen LogP contribution in [-0.2, 0) is 4.79 Å². The fraction of sp³-hybridized carbons (Fsp3) is 0.208. The molecule has 1 atom stereocenters. The number of aromatic nitrogens is 2. The van der Waals surface area contributed by atoms with Crippen molar-refractivity contribution in [2.75, 3.05) is 6.61 Å². The number of pyridine rings is 1. The van der Waals surface area contributed by atoms with Crippen LogP contribution in [0.2, 0.25) is 0 Å². The first-order valence-electron chi connectivity index (χ1n) is 9.56. The maximum Gasteiger partial charge on any atom is 0.251 e. The Bertz CT molecular complexity index is 1230. The summed E-state index contributed by atoms with van der Waals surface area (Å²) in [6.45, 7) is 2.52.